The zero-order chi connectivity index (χ0) is 15.6. The highest BCUT2D eigenvalue weighted by molar-refractivity contribution is 6.89. The highest BCUT2D eigenvalue weighted by Crippen LogP contribution is 2.24. The molecular weight excluding hydrogens is 279 g/mol. The second-order valence-corrected chi connectivity index (χ2v) is 5.96. The number of nitrogens with zero attached hydrogens (tertiary/aromatic N) is 1. The van der Waals surface area contributed by atoms with Crippen molar-refractivity contribution < 1.29 is 0 Å². The van der Waals surface area contributed by atoms with Crippen molar-refractivity contribution in [3.05, 3.63) is 84.9 Å². The molecule has 1 N–H and O–H groups in total. The van der Waals surface area contributed by atoms with E-state index >= 15 is 0 Å². The molecule has 0 saturated carbocycles. The first-order chi connectivity index (χ1) is 11.3. The fraction of sp³-hybridized carbons (Fsp3) is 0.100. The highest BCUT2D eigenvalue weighted by atomic mass is 15.2. The first kappa shape index (κ1) is 14.0. The van der Waals surface area contributed by atoms with E-state index in [0.717, 1.165) is 0 Å². The third-order valence-corrected chi connectivity index (χ3v) is 4.48. The van der Waals surface area contributed by atoms with Gasteiger partial charge in [0.1, 0.15) is 0 Å². The van der Waals surface area contributed by atoms with E-state index in [4.69, 9.17) is 0 Å². The van der Waals surface area contributed by atoms with Crippen LogP contribution in [0.15, 0.2) is 84.9 Å². The van der Waals surface area contributed by atoms with E-state index < -0.39 is 0 Å². The average Bonchev–Trinajstić information content (AvgIpc) is 2.62. The summed E-state index contributed by atoms with van der Waals surface area (Å²) in [6.45, 7) is 2.44. The molecule has 0 amide bonds. The van der Waals surface area contributed by atoms with Crippen LogP contribution in [0.5, 0.6) is 0 Å². The molecule has 1 unspecified atom stereocenters. The Morgan fingerprint density at radius 2 is 1.39 bits per heavy atom. The van der Waals surface area contributed by atoms with Gasteiger partial charge in [-0.15, -0.1) is 0 Å². The summed E-state index contributed by atoms with van der Waals surface area (Å²) >= 11 is 0. The molecule has 0 saturated heterocycles. The van der Waals surface area contributed by atoms with Crippen LogP contribution < -0.4 is 21.1 Å². The summed E-state index contributed by atoms with van der Waals surface area (Å²) in [6, 6.07) is 30.0. The third kappa shape index (κ3) is 2.48. The quantitative estimate of drug-likeness (QED) is 0.732. The van der Waals surface area contributed by atoms with E-state index in [1.165, 1.54) is 22.3 Å². The second-order valence-electron chi connectivity index (χ2n) is 5.96. The monoisotopic (exact) mass is 298 g/mol. The molecule has 4 rings (SSSR count). The lowest BCUT2D eigenvalue weighted by molar-refractivity contribution is 0.829. The van der Waals surface area contributed by atoms with Gasteiger partial charge in [-0.05, 0) is 30.6 Å². The summed E-state index contributed by atoms with van der Waals surface area (Å²) in [5, 5.41) is 3.63. The van der Waals surface area contributed by atoms with Gasteiger partial charge in [0.2, 0.25) is 0 Å². The first-order valence-corrected chi connectivity index (χ1v) is 8.08. The fourth-order valence-electron chi connectivity index (χ4n) is 3.48. The van der Waals surface area contributed by atoms with Crippen LogP contribution in [0, 0.1) is 0 Å². The molecule has 0 spiro atoms. The van der Waals surface area contributed by atoms with E-state index in [9.17, 15) is 0 Å². The number of rotatable bonds is 2. The zero-order valence-electron chi connectivity index (χ0n) is 13.2. The van der Waals surface area contributed by atoms with Crippen LogP contribution in [0.3, 0.4) is 0 Å². The van der Waals surface area contributed by atoms with Gasteiger partial charge in [-0.3, -0.25) is 0 Å². The van der Waals surface area contributed by atoms with Crippen molar-refractivity contribution in [1.29, 1.82) is 0 Å². The maximum Gasteiger partial charge on any atom is 0.327 e. The maximum absolute atomic E-state index is 3.63. The molecule has 0 aliphatic carbocycles. The van der Waals surface area contributed by atoms with Crippen LogP contribution in [0.4, 0.5) is 11.4 Å². The SMILES string of the molecule is CC1Nc2ccccc2B(c2ccccc2)N1c1ccccc1. The topological polar surface area (TPSA) is 15.3 Å². The lowest BCUT2D eigenvalue weighted by Crippen LogP contribution is -2.65. The standard InChI is InChI=1S/C20H19BN2/c1-16-22-20-15-9-8-14-19(20)21(17-10-4-2-5-11-17)23(16)18-12-6-3-7-13-18/h2-16,22H,1H3. The first-order valence-electron chi connectivity index (χ1n) is 8.08. The summed E-state index contributed by atoms with van der Waals surface area (Å²) in [7, 11) is 0. The molecule has 1 heterocycles. The van der Waals surface area contributed by atoms with Crippen molar-refractivity contribution in [1.82, 2.24) is 0 Å². The van der Waals surface area contributed by atoms with Crippen molar-refractivity contribution in [2.75, 3.05) is 10.1 Å². The molecule has 23 heavy (non-hydrogen) atoms. The molecule has 3 heteroatoms. The van der Waals surface area contributed by atoms with Gasteiger partial charge in [-0.1, -0.05) is 72.2 Å². The van der Waals surface area contributed by atoms with Gasteiger partial charge in [0, 0.05) is 11.4 Å². The Morgan fingerprint density at radius 1 is 0.783 bits per heavy atom. The van der Waals surface area contributed by atoms with Crippen molar-refractivity contribution in [2.45, 2.75) is 13.1 Å². The predicted octanol–water partition coefficient (Wildman–Crippen LogP) is 3.07. The minimum Gasteiger partial charge on any atom is -0.388 e. The lowest BCUT2D eigenvalue weighted by atomic mass is 9.47. The van der Waals surface area contributed by atoms with Gasteiger partial charge in [0.05, 0.1) is 6.17 Å². The summed E-state index contributed by atoms with van der Waals surface area (Å²) in [5.41, 5.74) is 5.09. The number of hydrogen-bond donors (Lipinski definition) is 1. The van der Waals surface area contributed by atoms with Gasteiger partial charge >= 0.3 is 6.85 Å². The molecule has 0 radical (unpaired) electrons. The van der Waals surface area contributed by atoms with Crippen molar-refractivity contribution in [3.63, 3.8) is 0 Å². The van der Waals surface area contributed by atoms with Crippen LogP contribution >= 0.6 is 0 Å². The van der Waals surface area contributed by atoms with Crippen LogP contribution in [-0.2, 0) is 0 Å². The second kappa shape index (κ2) is 5.84. The van der Waals surface area contributed by atoms with E-state index in [0.29, 0.717) is 0 Å². The fourth-order valence-corrected chi connectivity index (χ4v) is 3.48. The Balaban J connectivity index is 1.90. The molecule has 0 bridgehead atoms. The Labute approximate surface area is 137 Å². The number of nitrogens with one attached hydrogen (secondary N) is 1. The number of fused-ring (bicyclic) bond motifs is 1. The van der Waals surface area contributed by atoms with Gasteiger partial charge in [-0.25, -0.2) is 0 Å². The van der Waals surface area contributed by atoms with E-state index in [2.05, 4.69) is 102 Å². The molecule has 0 fully saturated rings. The van der Waals surface area contributed by atoms with Gasteiger partial charge < -0.3 is 10.1 Å². The molecule has 1 atom stereocenters. The van der Waals surface area contributed by atoms with E-state index in [-0.39, 0.29) is 13.0 Å². The summed E-state index contributed by atoms with van der Waals surface area (Å²) in [6.07, 6.45) is 0.220. The van der Waals surface area contributed by atoms with E-state index in [1.54, 1.807) is 0 Å². The molecule has 112 valence electrons. The minimum absolute atomic E-state index is 0.214. The molecule has 1 aliphatic heterocycles. The normalized spacial score (nSPS) is 16.7. The van der Waals surface area contributed by atoms with Crippen molar-refractivity contribution in [3.8, 4) is 0 Å². The minimum atomic E-state index is 0.214. The van der Waals surface area contributed by atoms with Crippen LogP contribution in [0.2, 0.25) is 0 Å². The zero-order valence-corrected chi connectivity index (χ0v) is 13.2. The molecule has 3 aromatic carbocycles. The molecule has 2 nitrogen and oxygen atoms in total. The highest BCUT2D eigenvalue weighted by Gasteiger charge is 2.36. The predicted molar refractivity (Wildman–Crippen MR) is 99.9 cm³/mol. The molecule has 3 aromatic rings. The average molecular weight is 298 g/mol. The van der Waals surface area contributed by atoms with Gasteiger partial charge in [-0.2, -0.15) is 0 Å². The van der Waals surface area contributed by atoms with Crippen LogP contribution in [-0.4, -0.2) is 13.0 Å². The Kier molecular flexibility index (Phi) is 3.54. The lowest BCUT2D eigenvalue weighted by Gasteiger charge is -2.43. The Bertz CT molecular complexity index is 789. The van der Waals surface area contributed by atoms with E-state index in [1.807, 2.05) is 0 Å². The number of hydrogen-bond acceptors (Lipinski definition) is 2. The van der Waals surface area contributed by atoms with Gasteiger partial charge in [0.15, 0.2) is 0 Å². The van der Waals surface area contributed by atoms with Gasteiger partial charge in [0.25, 0.3) is 0 Å². The summed E-state index contributed by atoms with van der Waals surface area (Å²) < 4.78 is 0. The Hall–Kier alpha value is -2.68. The molecule has 1 aliphatic rings. The smallest absolute Gasteiger partial charge is 0.327 e. The van der Waals surface area contributed by atoms with Crippen LogP contribution in [0.1, 0.15) is 6.92 Å². The van der Waals surface area contributed by atoms with Crippen molar-refractivity contribution >= 4 is 29.1 Å². The summed E-state index contributed by atoms with van der Waals surface area (Å²) in [4.78, 5) is 2.46. The largest absolute Gasteiger partial charge is 0.388 e. The molecular formula is C20H19BN2. The number of para-hydroxylation sites is 2. The summed E-state index contributed by atoms with van der Waals surface area (Å²) in [5.74, 6) is 0. The third-order valence-electron chi connectivity index (χ3n) is 4.48. The van der Waals surface area contributed by atoms with Crippen molar-refractivity contribution in [2.24, 2.45) is 0 Å². The maximum atomic E-state index is 3.63. The van der Waals surface area contributed by atoms with Crippen LogP contribution in [0.25, 0.3) is 0 Å². The molecule has 0 aromatic heterocycles. The number of anilines is 2. The number of benzene rings is 3. The Morgan fingerprint density at radius 3 is 2.13 bits per heavy atom.